The predicted octanol–water partition coefficient (Wildman–Crippen LogP) is 1.93. The van der Waals surface area contributed by atoms with E-state index in [1.807, 2.05) is 6.26 Å². The van der Waals surface area contributed by atoms with Crippen LogP contribution < -0.4 is 10.6 Å². The summed E-state index contributed by atoms with van der Waals surface area (Å²) < 4.78 is 0. The van der Waals surface area contributed by atoms with Crippen molar-refractivity contribution in [2.75, 3.05) is 18.6 Å². The van der Waals surface area contributed by atoms with Gasteiger partial charge in [0.15, 0.2) is 0 Å². The van der Waals surface area contributed by atoms with E-state index in [9.17, 15) is 9.59 Å². The molecule has 2 aliphatic rings. The van der Waals surface area contributed by atoms with Gasteiger partial charge < -0.3 is 15.7 Å². The van der Waals surface area contributed by atoms with Crippen LogP contribution in [-0.4, -0.2) is 41.7 Å². The molecule has 0 radical (unpaired) electrons. The number of hydrogen-bond acceptors (Lipinski definition) is 3. The lowest BCUT2D eigenvalue weighted by atomic mass is 9.89. The maximum absolute atomic E-state index is 11.8. The fraction of sp³-hybridized carbons (Fsp3) is 0.857. The quantitative estimate of drug-likeness (QED) is 0.671. The Morgan fingerprint density at radius 2 is 2.15 bits per heavy atom. The molecule has 2 aliphatic carbocycles. The zero-order valence-electron chi connectivity index (χ0n) is 11.9. The van der Waals surface area contributed by atoms with Gasteiger partial charge in [-0.15, -0.1) is 0 Å². The first kappa shape index (κ1) is 15.5. The van der Waals surface area contributed by atoms with Crippen molar-refractivity contribution in [3.05, 3.63) is 0 Å². The predicted molar refractivity (Wildman–Crippen MR) is 79.9 cm³/mol. The van der Waals surface area contributed by atoms with Crippen molar-refractivity contribution in [3.8, 4) is 0 Å². The number of carbonyl (C=O) groups excluding carboxylic acids is 1. The third-order valence-corrected chi connectivity index (χ3v) is 5.27. The maximum Gasteiger partial charge on any atom is 0.326 e. The lowest BCUT2D eigenvalue weighted by Gasteiger charge is -2.22. The van der Waals surface area contributed by atoms with Gasteiger partial charge in [0.2, 0.25) is 0 Å². The smallest absolute Gasteiger partial charge is 0.326 e. The molecule has 3 N–H and O–H groups in total. The first-order valence-corrected chi connectivity index (χ1v) is 8.75. The van der Waals surface area contributed by atoms with Gasteiger partial charge in [0.25, 0.3) is 0 Å². The van der Waals surface area contributed by atoms with E-state index in [0.29, 0.717) is 18.9 Å². The molecule has 0 aliphatic heterocycles. The van der Waals surface area contributed by atoms with Crippen LogP contribution in [-0.2, 0) is 4.79 Å². The number of aliphatic carboxylic acids is 1. The Morgan fingerprint density at radius 3 is 2.70 bits per heavy atom. The van der Waals surface area contributed by atoms with Gasteiger partial charge in [-0.25, -0.2) is 9.59 Å². The Labute approximate surface area is 124 Å². The normalized spacial score (nSPS) is 29.1. The summed E-state index contributed by atoms with van der Waals surface area (Å²) >= 11 is 1.58. The molecule has 20 heavy (non-hydrogen) atoms. The number of urea groups is 1. The Kier molecular flexibility index (Phi) is 5.57. The van der Waals surface area contributed by atoms with Crippen LogP contribution in [0.25, 0.3) is 0 Å². The Morgan fingerprint density at radius 1 is 1.35 bits per heavy atom. The molecule has 0 spiro atoms. The Balaban J connectivity index is 1.69. The molecule has 0 saturated heterocycles. The summed E-state index contributed by atoms with van der Waals surface area (Å²) in [6, 6.07) is -1.14. The molecule has 2 bridgehead atoms. The van der Waals surface area contributed by atoms with Gasteiger partial charge in [-0.3, -0.25) is 0 Å². The highest BCUT2D eigenvalue weighted by atomic mass is 32.2. The minimum atomic E-state index is -0.964. The lowest BCUT2D eigenvalue weighted by Crippen LogP contribution is -2.47. The summed E-state index contributed by atoms with van der Waals surface area (Å²) in [4.78, 5) is 22.8. The molecule has 4 atom stereocenters. The average molecular weight is 300 g/mol. The SMILES string of the molecule is CSCCC(NC(=O)NCC1CC2CCC1C2)C(=O)O. The van der Waals surface area contributed by atoms with Gasteiger partial charge in [-0.2, -0.15) is 11.8 Å². The molecule has 2 rings (SSSR count). The molecule has 0 aromatic carbocycles. The summed E-state index contributed by atoms with van der Waals surface area (Å²) in [5, 5.41) is 14.5. The second-order valence-corrected chi connectivity index (χ2v) is 6.95. The number of fused-ring (bicyclic) bond motifs is 2. The van der Waals surface area contributed by atoms with Crippen LogP contribution in [0.15, 0.2) is 0 Å². The summed E-state index contributed by atoms with van der Waals surface area (Å²) in [6.45, 7) is 0.682. The van der Waals surface area contributed by atoms with Crippen molar-refractivity contribution < 1.29 is 14.7 Å². The first-order valence-electron chi connectivity index (χ1n) is 7.36. The highest BCUT2D eigenvalue weighted by Crippen LogP contribution is 2.47. The van der Waals surface area contributed by atoms with Gasteiger partial charge in [0, 0.05) is 6.54 Å². The molecule has 2 saturated carbocycles. The molecule has 4 unspecified atom stereocenters. The van der Waals surface area contributed by atoms with E-state index in [1.54, 1.807) is 11.8 Å². The Bertz CT molecular complexity index is 364. The zero-order valence-corrected chi connectivity index (χ0v) is 12.7. The molecule has 114 valence electrons. The van der Waals surface area contributed by atoms with Crippen LogP contribution in [0, 0.1) is 17.8 Å². The summed E-state index contributed by atoms with van der Waals surface area (Å²) in [5.41, 5.74) is 0. The van der Waals surface area contributed by atoms with Gasteiger partial charge in [-0.05, 0) is 55.4 Å². The molecular formula is C14H24N2O3S. The fourth-order valence-electron chi connectivity index (χ4n) is 3.55. The van der Waals surface area contributed by atoms with Crippen molar-refractivity contribution in [2.45, 2.75) is 38.1 Å². The van der Waals surface area contributed by atoms with E-state index in [0.717, 1.165) is 17.6 Å². The minimum Gasteiger partial charge on any atom is -0.480 e. The van der Waals surface area contributed by atoms with Crippen molar-refractivity contribution in [3.63, 3.8) is 0 Å². The molecule has 0 heterocycles. The largest absolute Gasteiger partial charge is 0.480 e. The molecule has 0 aromatic heterocycles. The number of carboxylic acid groups (broad SMARTS) is 1. The van der Waals surface area contributed by atoms with Crippen LogP contribution >= 0.6 is 11.8 Å². The zero-order chi connectivity index (χ0) is 14.5. The van der Waals surface area contributed by atoms with Crippen molar-refractivity contribution in [1.29, 1.82) is 0 Å². The van der Waals surface area contributed by atoms with E-state index in [4.69, 9.17) is 5.11 Å². The van der Waals surface area contributed by atoms with Gasteiger partial charge in [0.05, 0.1) is 0 Å². The summed E-state index contributed by atoms with van der Waals surface area (Å²) in [5.74, 6) is 1.99. The fourth-order valence-corrected chi connectivity index (χ4v) is 4.02. The van der Waals surface area contributed by atoms with Crippen LogP contribution in [0.1, 0.15) is 32.1 Å². The number of carboxylic acids is 1. The van der Waals surface area contributed by atoms with E-state index >= 15 is 0 Å². The van der Waals surface area contributed by atoms with Crippen LogP contribution in [0.3, 0.4) is 0 Å². The first-order chi connectivity index (χ1) is 9.60. The molecule has 2 fully saturated rings. The second kappa shape index (κ2) is 7.20. The number of thioether (sulfide) groups is 1. The summed E-state index contributed by atoms with van der Waals surface area (Å²) in [7, 11) is 0. The highest BCUT2D eigenvalue weighted by molar-refractivity contribution is 7.98. The Hall–Kier alpha value is -0.910. The number of amides is 2. The molecule has 6 heteroatoms. The molecule has 0 aromatic rings. The van der Waals surface area contributed by atoms with Crippen molar-refractivity contribution in [2.24, 2.45) is 17.8 Å². The number of carbonyl (C=O) groups is 2. The maximum atomic E-state index is 11.8. The van der Waals surface area contributed by atoms with Crippen LogP contribution in [0.4, 0.5) is 4.79 Å². The van der Waals surface area contributed by atoms with Crippen molar-refractivity contribution in [1.82, 2.24) is 10.6 Å². The highest BCUT2D eigenvalue weighted by Gasteiger charge is 2.39. The number of hydrogen-bond donors (Lipinski definition) is 3. The van der Waals surface area contributed by atoms with Gasteiger partial charge in [0.1, 0.15) is 6.04 Å². The molecule has 5 nitrogen and oxygen atoms in total. The third-order valence-electron chi connectivity index (χ3n) is 4.62. The van der Waals surface area contributed by atoms with E-state index in [2.05, 4.69) is 10.6 Å². The average Bonchev–Trinajstić information content (AvgIpc) is 3.03. The topological polar surface area (TPSA) is 78.4 Å². The third kappa shape index (κ3) is 4.04. The van der Waals surface area contributed by atoms with E-state index in [1.165, 1.54) is 25.7 Å². The standard InChI is InChI=1S/C14H24N2O3S/c1-20-5-4-12(13(17)18)16-14(19)15-8-11-7-9-2-3-10(11)6-9/h9-12H,2-8H2,1H3,(H,17,18)(H2,15,16,19). The van der Waals surface area contributed by atoms with Crippen LogP contribution in [0.2, 0.25) is 0 Å². The molecule has 2 amide bonds. The minimum absolute atomic E-state index is 0.346. The second-order valence-electron chi connectivity index (χ2n) is 5.96. The van der Waals surface area contributed by atoms with E-state index < -0.39 is 12.0 Å². The van der Waals surface area contributed by atoms with E-state index in [-0.39, 0.29) is 6.03 Å². The number of rotatable bonds is 7. The molecular weight excluding hydrogens is 276 g/mol. The van der Waals surface area contributed by atoms with Gasteiger partial charge >= 0.3 is 12.0 Å². The lowest BCUT2D eigenvalue weighted by molar-refractivity contribution is -0.139. The summed E-state index contributed by atoms with van der Waals surface area (Å²) in [6.07, 6.45) is 7.57. The van der Waals surface area contributed by atoms with Crippen LogP contribution in [0.5, 0.6) is 0 Å². The monoisotopic (exact) mass is 300 g/mol. The number of nitrogens with one attached hydrogen (secondary N) is 2. The van der Waals surface area contributed by atoms with Crippen molar-refractivity contribution >= 4 is 23.8 Å². The van der Waals surface area contributed by atoms with Gasteiger partial charge in [-0.1, -0.05) is 6.42 Å².